The third-order valence-corrected chi connectivity index (χ3v) is 3.73. The zero-order valence-corrected chi connectivity index (χ0v) is 14.5. The molecule has 0 fully saturated rings. The first kappa shape index (κ1) is 17.9. The Morgan fingerprint density at radius 1 is 1.30 bits per heavy atom. The van der Waals surface area contributed by atoms with Gasteiger partial charge in [-0.1, -0.05) is 0 Å². The van der Waals surface area contributed by atoms with Crippen molar-refractivity contribution in [1.82, 2.24) is 30.0 Å². The number of benzene rings is 1. The van der Waals surface area contributed by atoms with Crippen LogP contribution in [0, 0.1) is 24.1 Å². The van der Waals surface area contributed by atoms with Crippen molar-refractivity contribution in [1.29, 1.82) is 5.26 Å². The average molecular weight is 366 g/mol. The van der Waals surface area contributed by atoms with Crippen molar-refractivity contribution in [3.05, 3.63) is 59.7 Å². The van der Waals surface area contributed by atoms with E-state index in [-0.39, 0.29) is 5.56 Å². The molecule has 0 saturated heterocycles. The predicted octanol–water partition coefficient (Wildman–Crippen LogP) is 2.26. The Hall–Kier alpha value is -3.87. The number of aromatic nitrogens is 5. The van der Waals surface area contributed by atoms with E-state index in [0.717, 1.165) is 0 Å². The van der Waals surface area contributed by atoms with Crippen LogP contribution in [0.4, 0.5) is 14.9 Å². The number of hydrogen-bond donors (Lipinski definition) is 2. The number of carbonyl (C=O) groups excluding carboxylic acids is 1. The molecular weight excluding hydrogens is 351 g/mol. The lowest BCUT2D eigenvalue weighted by molar-refractivity contribution is 0.248. The quantitative estimate of drug-likeness (QED) is 0.730. The van der Waals surface area contributed by atoms with Crippen LogP contribution in [0.3, 0.4) is 0 Å². The number of nitrogens with zero attached hydrogens (tertiary/aromatic N) is 6. The number of nitrogens with one attached hydrogen (secondary N) is 2. The molecule has 2 amide bonds. The number of amides is 2. The predicted molar refractivity (Wildman–Crippen MR) is 93.4 cm³/mol. The van der Waals surface area contributed by atoms with Gasteiger partial charge >= 0.3 is 6.03 Å². The molecule has 0 saturated carbocycles. The number of hydrogen-bond acceptors (Lipinski definition) is 6. The van der Waals surface area contributed by atoms with Gasteiger partial charge < -0.3 is 10.6 Å². The van der Waals surface area contributed by atoms with Crippen LogP contribution in [0.1, 0.15) is 29.9 Å². The van der Waals surface area contributed by atoms with Crippen molar-refractivity contribution in [2.24, 2.45) is 0 Å². The number of nitriles is 1. The maximum absolute atomic E-state index is 13.6. The lowest BCUT2D eigenvalue weighted by Gasteiger charge is -2.15. The molecule has 0 aliphatic rings. The maximum Gasteiger partial charge on any atom is 0.319 e. The van der Waals surface area contributed by atoms with Gasteiger partial charge in [0.05, 0.1) is 11.6 Å². The minimum atomic E-state index is -0.634. The van der Waals surface area contributed by atoms with E-state index >= 15 is 0 Å². The van der Waals surface area contributed by atoms with Crippen LogP contribution in [0.25, 0.3) is 5.95 Å². The Labute approximate surface area is 153 Å². The van der Waals surface area contributed by atoms with Crippen LogP contribution in [-0.4, -0.2) is 30.8 Å². The number of carbonyl (C=O) groups is 1. The summed E-state index contributed by atoms with van der Waals surface area (Å²) in [6, 6.07) is 4.84. The summed E-state index contributed by atoms with van der Waals surface area (Å²) in [5.41, 5.74) is 0.686. The fraction of sp³-hybridized carbons (Fsp3) is 0.176. The van der Waals surface area contributed by atoms with Crippen molar-refractivity contribution in [3.8, 4) is 12.0 Å². The molecule has 2 heterocycles. The molecule has 0 bridgehead atoms. The first-order chi connectivity index (χ1) is 13.0. The zero-order chi connectivity index (χ0) is 19.4. The number of rotatable bonds is 4. The van der Waals surface area contributed by atoms with E-state index in [1.54, 1.807) is 38.4 Å². The first-order valence-electron chi connectivity index (χ1n) is 7.94. The zero-order valence-electron chi connectivity index (χ0n) is 14.5. The number of anilines is 1. The average Bonchev–Trinajstić information content (AvgIpc) is 3.14. The van der Waals surface area contributed by atoms with Crippen LogP contribution in [-0.2, 0) is 0 Å². The number of halogens is 1. The molecule has 0 unspecified atom stereocenters. The van der Waals surface area contributed by atoms with Gasteiger partial charge in [0.2, 0.25) is 0 Å². The number of urea groups is 1. The lowest BCUT2D eigenvalue weighted by atomic mass is 10.1. The van der Waals surface area contributed by atoms with E-state index in [0.29, 0.717) is 23.0 Å². The second-order valence-corrected chi connectivity index (χ2v) is 5.66. The summed E-state index contributed by atoms with van der Waals surface area (Å²) in [6.45, 7) is 3.36. The van der Waals surface area contributed by atoms with Crippen molar-refractivity contribution < 1.29 is 9.18 Å². The highest BCUT2D eigenvalue weighted by atomic mass is 19.1. The fourth-order valence-electron chi connectivity index (χ4n) is 2.41. The highest BCUT2D eigenvalue weighted by Gasteiger charge is 2.18. The normalized spacial score (nSPS) is 11.5. The van der Waals surface area contributed by atoms with Crippen LogP contribution < -0.4 is 10.6 Å². The Balaban J connectivity index is 1.75. The summed E-state index contributed by atoms with van der Waals surface area (Å²) in [5.74, 6) is 0.127. The standard InChI is InChI=1S/C17H15FN8O/c1-10-6-13(18)12(8-19)7-14(10)25-17(27)24-11(2)15-22-9-23-26(15)16-20-4-3-5-21-16/h3-7,9,11H,1-2H3,(H2,24,25,27)/t11-/m0/s1. The van der Waals surface area contributed by atoms with E-state index in [2.05, 4.69) is 30.7 Å². The molecule has 0 aliphatic heterocycles. The molecule has 3 aromatic rings. The molecule has 2 aromatic heterocycles. The highest BCUT2D eigenvalue weighted by molar-refractivity contribution is 5.90. The van der Waals surface area contributed by atoms with Gasteiger partial charge in [-0.2, -0.15) is 15.0 Å². The van der Waals surface area contributed by atoms with Crippen molar-refractivity contribution in [2.75, 3.05) is 5.32 Å². The molecule has 3 rings (SSSR count). The third-order valence-electron chi connectivity index (χ3n) is 3.73. The van der Waals surface area contributed by atoms with Gasteiger partial charge in [0.1, 0.15) is 18.2 Å². The van der Waals surface area contributed by atoms with Crippen LogP contribution >= 0.6 is 0 Å². The molecule has 2 N–H and O–H groups in total. The van der Waals surface area contributed by atoms with Gasteiger partial charge in [-0.05, 0) is 37.6 Å². The van der Waals surface area contributed by atoms with Gasteiger partial charge in [-0.3, -0.25) is 0 Å². The first-order valence-corrected chi connectivity index (χ1v) is 7.94. The Kier molecular flexibility index (Phi) is 5.03. The van der Waals surface area contributed by atoms with Crippen molar-refractivity contribution in [2.45, 2.75) is 19.9 Å². The van der Waals surface area contributed by atoms with Crippen molar-refractivity contribution in [3.63, 3.8) is 0 Å². The van der Waals surface area contributed by atoms with Gasteiger partial charge in [-0.15, -0.1) is 0 Å². The van der Waals surface area contributed by atoms with Crippen LogP contribution in [0.15, 0.2) is 36.9 Å². The van der Waals surface area contributed by atoms with Gasteiger partial charge in [0.15, 0.2) is 5.82 Å². The highest BCUT2D eigenvalue weighted by Crippen LogP contribution is 2.20. The summed E-state index contributed by atoms with van der Waals surface area (Å²) < 4.78 is 15.0. The largest absolute Gasteiger partial charge is 0.328 e. The van der Waals surface area contributed by atoms with Gasteiger partial charge in [-0.25, -0.2) is 24.1 Å². The summed E-state index contributed by atoms with van der Waals surface area (Å²) in [7, 11) is 0. The van der Waals surface area contributed by atoms with E-state index < -0.39 is 17.9 Å². The fourth-order valence-corrected chi connectivity index (χ4v) is 2.41. The topological polar surface area (TPSA) is 121 Å². The second-order valence-electron chi connectivity index (χ2n) is 5.66. The summed E-state index contributed by atoms with van der Waals surface area (Å²) in [4.78, 5) is 24.7. The van der Waals surface area contributed by atoms with Gasteiger partial charge in [0.25, 0.3) is 5.95 Å². The molecule has 9 nitrogen and oxygen atoms in total. The molecule has 136 valence electrons. The summed E-state index contributed by atoms with van der Waals surface area (Å²) in [5, 5.41) is 18.3. The number of aryl methyl sites for hydroxylation is 1. The maximum atomic E-state index is 13.6. The van der Waals surface area contributed by atoms with E-state index in [4.69, 9.17) is 5.26 Å². The third kappa shape index (κ3) is 3.87. The Morgan fingerprint density at radius 2 is 2.04 bits per heavy atom. The van der Waals surface area contributed by atoms with E-state index in [9.17, 15) is 9.18 Å². The molecule has 27 heavy (non-hydrogen) atoms. The van der Waals surface area contributed by atoms with Gasteiger partial charge in [0, 0.05) is 18.1 Å². The second kappa shape index (κ2) is 7.57. The SMILES string of the molecule is Cc1cc(F)c(C#N)cc1NC(=O)N[C@@H](C)c1ncnn1-c1ncccn1. The molecule has 10 heteroatoms. The minimum absolute atomic E-state index is 0.148. The molecular formula is C17H15FN8O. The van der Waals surface area contributed by atoms with Crippen LogP contribution in [0.5, 0.6) is 0 Å². The molecule has 0 aliphatic carbocycles. The van der Waals surface area contributed by atoms with E-state index in [1.165, 1.54) is 23.1 Å². The van der Waals surface area contributed by atoms with Crippen LogP contribution in [0.2, 0.25) is 0 Å². The van der Waals surface area contributed by atoms with E-state index in [1.807, 2.05) is 0 Å². The lowest BCUT2D eigenvalue weighted by Crippen LogP contribution is -2.33. The monoisotopic (exact) mass is 366 g/mol. The molecule has 1 aromatic carbocycles. The molecule has 0 radical (unpaired) electrons. The molecule has 0 spiro atoms. The minimum Gasteiger partial charge on any atom is -0.328 e. The Morgan fingerprint density at radius 3 is 2.74 bits per heavy atom. The smallest absolute Gasteiger partial charge is 0.319 e. The molecule has 1 atom stereocenters. The van der Waals surface area contributed by atoms with Crippen molar-refractivity contribution >= 4 is 11.7 Å². The Bertz CT molecular complexity index is 1010. The summed E-state index contributed by atoms with van der Waals surface area (Å²) >= 11 is 0. The summed E-state index contributed by atoms with van der Waals surface area (Å²) in [6.07, 6.45) is 4.48.